The van der Waals surface area contributed by atoms with Crippen LogP contribution in [0.2, 0.25) is 0 Å². The lowest BCUT2D eigenvalue weighted by Crippen LogP contribution is -2.22. The summed E-state index contributed by atoms with van der Waals surface area (Å²) >= 11 is 4.82. The largest absolute Gasteiger partial charge is 0.308 e. The second-order valence-electron chi connectivity index (χ2n) is 4.35. The van der Waals surface area contributed by atoms with Crippen LogP contribution < -0.4 is 5.56 Å². The minimum absolute atomic E-state index is 0.0269. The summed E-state index contributed by atoms with van der Waals surface area (Å²) in [7, 11) is 2.07. The second kappa shape index (κ2) is 4.19. The quantitative estimate of drug-likeness (QED) is 0.880. The van der Waals surface area contributed by atoms with Crippen LogP contribution in [0, 0.1) is 0 Å². The third-order valence-electron chi connectivity index (χ3n) is 3.21. The Labute approximate surface area is 111 Å². The van der Waals surface area contributed by atoms with E-state index in [1.54, 1.807) is 0 Å². The summed E-state index contributed by atoms with van der Waals surface area (Å²) in [5.41, 5.74) is 0.766. The Balaban J connectivity index is 2.14. The highest BCUT2D eigenvalue weighted by atomic mass is 79.9. The fraction of sp³-hybridized carbons (Fsp3) is 0.455. The molecule has 6 heteroatoms. The summed E-state index contributed by atoms with van der Waals surface area (Å²) in [6.07, 6.45) is 2.23. The second-order valence-corrected chi connectivity index (χ2v) is 6.79. The number of likely N-dealkylation sites (tertiary alicyclic amines) is 1. The van der Waals surface area contributed by atoms with Crippen LogP contribution in [0.1, 0.15) is 24.7 Å². The Morgan fingerprint density at radius 3 is 3.18 bits per heavy atom. The Hall–Kier alpha value is -0.720. The molecule has 3 heterocycles. The monoisotopic (exact) mass is 313 g/mol. The first-order valence-corrected chi connectivity index (χ1v) is 7.15. The number of H-pyrrole nitrogens is 1. The van der Waals surface area contributed by atoms with Crippen molar-refractivity contribution in [1.29, 1.82) is 0 Å². The summed E-state index contributed by atoms with van der Waals surface area (Å²) in [6.45, 7) is 1.07. The average molecular weight is 314 g/mol. The zero-order valence-electron chi connectivity index (χ0n) is 9.36. The Bertz CT molecular complexity index is 621. The highest BCUT2D eigenvalue weighted by molar-refractivity contribution is 9.11. The van der Waals surface area contributed by atoms with Gasteiger partial charge in [-0.3, -0.25) is 9.69 Å². The van der Waals surface area contributed by atoms with Crippen molar-refractivity contribution in [2.75, 3.05) is 13.6 Å². The molecule has 3 rings (SSSR count). The molecule has 2 aromatic heterocycles. The molecule has 0 aliphatic carbocycles. The van der Waals surface area contributed by atoms with Gasteiger partial charge in [0.1, 0.15) is 10.5 Å². The van der Waals surface area contributed by atoms with Gasteiger partial charge in [-0.1, -0.05) is 0 Å². The normalized spacial score (nSPS) is 21.4. The lowest BCUT2D eigenvalue weighted by Gasteiger charge is -2.17. The van der Waals surface area contributed by atoms with Crippen molar-refractivity contribution in [2.24, 2.45) is 0 Å². The Kier molecular flexibility index (Phi) is 2.80. The summed E-state index contributed by atoms with van der Waals surface area (Å²) in [5, 5.41) is 0. The van der Waals surface area contributed by atoms with E-state index in [4.69, 9.17) is 0 Å². The highest BCUT2D eigenvalue weighted by Gasteiger charge is 2.25. The maximum atomic E-state index is 12.0. The zero-order chi connectivity index (χ0) is 12.0. The topological polar surface area (TPSA) is 49.0 Å². The van der Waals surface area contributed by atoms with Crippen molar-refractivity contribution in [1.82, 2.24) is 14.9 Å². The number of halogens is 1. The van der Waals surface area contributed by atoms with Gasteiger partial charge in [-0.25, -0.2) is 4.98 Å². The molecule has 0 spiro atoms. The standard InChI is InChI=1S/C11H12BrN3OS/c1-15-4-2-3-7(15)10-13-6-5-8(12)17-9(6)11(16)14-10/h5,7H,2-4H2,1H3,(H,13,14,16)/t7-/m0/s1. The van der Waals surface area contributed by atoms with Crippen LogP contribution in [-0.2, 0) is 0 Å². The van der Waals surface area contributed by atoms with Gasteiger partial charge < -0.3 is 4.98 Å². The first-order valence-electron chi connectivity index (χ1n) is 5.54. The molecule has 0 amide bonds. The molecule has 1 atom stereocenters. The van der Waals surface area contributed by atoms with Crippen molar-refractivity contribution in [2.45, 2.75) is 18.9 Å². The minimum atomic E-state index is -0.0269. The number of nitrogens with one attached hydrogen (secondary N) is 1. The maximum Gasteiger partial charge on any atom is 0.268 e. The third kappa shape index (κ3) is 1.94. The van der Waals surface area contributed by atoms with E-state index >= 15 is 0 Å². The highest BCUT2D eigenvalue weighted by Crippen LogP contribution is 2.30. The molecule has 1 aliphatic heterocycles. The van der Waals surface area contributed by atoms with Crippen molar-refractivity contribution in [3.8, 4) is 0 Å². The van der Waals surface area contributed by atoms with E-state index in [1.165, 1.54) is 11.3 Å². The lowest BCUT2D eigenvalue weighted by molar-refractivity contribution is 0.306. The molecular formula is C11H12BrN3OS. The summed E-state index contributed by atoms with van der Waals surface area (Å²) in [5.74, 6) is 0.799. The van der Waals surface area contributed by atoms with Gasteiger partial charge in [0.2, 0.25) is 0 Å². The molecule has 17 heavy (non-hydrogen) atoms. The molecule has 0 aromatic carbocycles. The molecule has 2 aromatic rings. The van der Waals surface area contributed by atoms with Gasteiger partial charge in [0.05, 0.1) is 15.3 Å². The van der Waals surface area contributed by atoms with Crippen LogP contribution in [0.4, 0.5) is 0 Å². The number of fused-ring (bicyclic) bond motifs is 1. The van der Waals surface area contributed by atoms with Crippen LogP contribution in [-0.4, -0.2) is 28.5 Å². The number of thiophene rings is 1. The van der Waals surface area contributed by atoms with E-state index in [9.17, 15) is 4.79 Å². The van der Waals surface area contributed by atoms with Crippen LogP contribution in [0.5, 0.6) is 0 Å². The lowest BCUT2D eigenvalue weighted by atomic mass is 10.2. The third-order valence-corrected chi connectivity index (χ3v) is 4.83. The fourth-order valence-electron chi connectivity index (χ4n) is 2.34. The fourth-order valence-corrected chi connectivity index (χ4v) is 3.76. The van der Waals surface area contributed by atoms with E-state index in [2.05, 4.69) is 37.8 Å². The molecule has 1 fully saturated rings. The molecular weight excluding hydrogens is 302 g/mol. The van der Waals surface area contributed by atoms with Crippen LogP contribution in [0.15, 0.2) is 14.6 Å². The van der Waals surface area contributed by atoms with Crippen molar-refractivity contribution < 1.29 is 0 Å². The van der Waals surface area contributed by atoms with Crippen molar-refractivity contribution in [3.05, 3.63) is 26.0 Å². The van der Waals surface area contributed by atoms with E-state index in [1.807, 2.05) is 6.07 Å². The summed E-state index contributed by atoms with van der Waals surface area (Å²) < 4.78 is 1.64. The molecule has 1 saturated heterocycles. The molecule has 0 bridgehead atoms. The number of aromatic nitrogens is 2. The molecule has 90 valence electrons. The van der Waals surface area contributed by atoms with Gasteiger partial charge in [-0.05, 0) is 48.4 Å². The predicted molar refractivity (Wildman–Crippen MR) is 72.5 cm³/mol. The predicted octanol–water partition coefficient (Wildman–Crippen LogP) is 2.51. The molecule has 4 nitrogen and oxygen atoms in total. The van der Waals surface area contributed by atoms with E-state index in [0.717, 1.165) is 34.5 Å². The molecule has 0 radical (unpaired) electrons. The molecule has 1 aliphatic rings. The van der Waals surface area contributed by atoms with Crippen LogP contribution >= 0.6 is 27.3 Å². The van der Waals surface area contributed by atoms with Gasteiger partial charge in [0, 0.05) is 0 Å². The van der Waals surface area contributed by atoms with E-state index < -0.39 is 0 Å². The zero-order valence-corrected chi connectivity index (χ0v) is 11.8. The molecule has 0 unspecified atom stereocenters. The number of hydrogen-bond donors (Lipinski definition) is 1. The van der Waals surface area contributed by atoms with Gasteiger partial charge in [0.25, 0.3) is 5.56 Å². The average Bonchev–Trinajstić information content (AvgIpc) is 2.83. The van der Waals surface area contributed by atoms with E-state index in [0.29, 0.717) is 4.70 Å². The minimum Gasteiger partial charge on any atom is -0.308 e. The van der Waals surface area contributed by atoms with E-state index in [-0.39, 0.29) is 11.6 Å². The van der Waals surface area contributed by atoms with Crippen molar-refractivity contribution >= 4 is 37.5 Å². The smallest absolute Gasteiger partial charge is 0.268 e. The Morgan fingerprint density at radius 1 is 1.65 bits per heavy atom. The number of nitrogens with zero attached hydrogens (tertiary/aromatic N) is 2. The molecule has 0 saturated carbocycles. The van der Waals surface area contributed by atoms with Crippen molar-refractivity contribution in [3.63, 3.8) is 0 Å². The maximum absolute atomic E-state index is 12.0. The van der Waals surface area contributed by atoms with Gasteiger partial charge in [0.15, 0.2) is 0 Å². The number of hydrogen-bond acceptors (Lipinski definition) is 4. The summed E-state index contributed by atoms with van der Waals surface area (Å²) in [6, 6.07) is 2.17. The molecule has 1 N–H and O–H groups in total. The van der Waals surface area contributed by atoms with Gasteiger partial charge >= 0.3 is 0 Å². The number of aromatic amines is 1. The summed E-state index contributed by atoms with van der Waals surface area (Å²) in [4.78, 5) is 21.7. The first kappa shape index (κ1) is 11.4. The SMILES string of the molecule is CN1CCC[C@H]1c1nc2cc(Br)sc2c(=O)[nH]1. The Morgan fingerprint density at radius 2 is 2.47 bits per heavy atom. The van der Waals surface area contributed by atoms with Crippen LogP contribution in [0.25, 0.3) is 10.2 Å². The first-order chi connectivity index (χ1) is 8.15. The van der Waals surface area contributed by atoms with Gasteiger partial charge in [-0.15, -0.1) is 11.3 Å². The van der Waals surface area contributed by atoms with Crippen LogP contribution in [0.3, 0.4) is 0 Å². The number of rotatable bonds is 1. The van der Waals surface area contributed by atoms with Gasteiger partial charge in [-0.2, -0.15) is 0 Å².